The first-order chi connectivity index (χ1) is 12.8. The summed E-state index contributed by atoms with van der Waals surface area (Å²) in [5.74, 6) is 1.13. The fraction of sp³-hybridized carbons (Fsp3) is 0.222. The first-order valence-electron chi connectivity index (χ1n) is 8.27. The predicted octanol–water partition coefficient (Wildman–Crippen LogP) is 1.41. The largest absolute Gasteiger partial charge is 0.367 e. The maximum Gasteiger partial charge on any atom is 0.246 e. The lowest BCUT2D eigenvalue weighted by Gasteiger charge is -2.08. The molecule has 0 radical (unpaired) electrons. The standard InChI is InChI=1S/C18H20N6O2/c25-18(14-26-13-15-5-2-1-3-6-15)20-11-10-19-16-7-8-17(23-22-16)24-12-4-9-21-24/h1-9,12H,10-11,13-14H2,(H,19,22)(H,20,25). The SMILES string of the molecule is O=C(COCc1ccccc1)NCCNc1ccc(-n2cccn2)nn1. The van der Waals surface area contributed by atoms with Crippen LogP contribution in [0.4, 0.5) is 5.82 Å². The van der Waals surface area contributed by atoms with Crippen LogP contribution in [0.3, 0.4) is 0 Å². The van der Waals surface area contributed by atoms with Gasteiger partial charge < -0.3 is 15.4 Å². The van der Waals surface area contributed by atoms with Crippen molar-refractivity contribution < 1.29 is 9.53 Å². The highest BCUT2D eigenvalue weighted by Gasteiger charge is 2.02. The fourth-order valence-electron chi connectivity index (χ4n) is 2.23. The lowest BCUT2D eigenvalue weighted by Crippen LogP contribution is -2.31. The van der Waals surface area contributed by atoms with E-state index in [4.69, 9.17) is 4.74 Å². The van der Waals surface area contributed by atoms with Crippen LogP contribution in [0.15, 0.2) is 60.9 Å². The van der Waals surface area contributed by atoms with E-state index in [9.17, 15) is 4.79 Å². The summed E-state index contributed by atoms with van der Waals surface area (Å²) >= 11 is 0. The molecule has 0 aliphatic carbocycles. The molecule has 3 aromatic rings. The van der Waals surface area contributed by atoms with Crippen molar-refractivity contribution in [2.24, 2.45) is 0 Å². The van der Waals surface area contributed by atoms with Crippen LogP contribution in [0.2, 0.25) is 0 Å². The summed E-state index contributed by atoms with van der Waals surface area (Å²) in [5, 5.41) is 18.1. The fourth-order valence-corrected chi connectivity index (χ4v) is 2.23. The van der Waals surface area contributed by atoms with Gasteiger partial charge >= 0.3 is 0 Å². The average molecular weight is 352 g/mol. The summed E-state index contributed by atoms with van der Waals surface area (Å²) in [6, 6.07) is 15.2. The minimum absolute atomic E-state index is 0.0350. The molecular formula is C18H20N6O2. The van der Waals surface area contributed by atoms with Gasteiger partial charge in [0.2, 0.25) is 5.91 Å². The van der Waals surface area contributed by atoms with Crippen LogP contribution >= 0.6 is 0 Å². The second-order valence-electron chi connectivity index (χ2n) is 5.48. The van der Waals surface area contributed by atoms with Gasteiger partial charge in [-0.1, -0.05) is 30.3 Å². The molecule has 8 heteroatoms. The average Bonchev–Trinajstić information content (AvgIpc) is 3.21. The van der Waals surface area contributed by atoms with Crippen LogP contribution in [-0.4, -0.2) is 45.6 Å². The maximum absolute atomic E-state index is 11.7. The highest BCUT2D eigenvalue weighted by atomic mass is 16.5. The summed E-state index contributed by atoms with van der Waals surface area (Å²) < 4.78 is 7.01. The Hall–Kier alpha value is -3.26. The van der Waals surface area contributed by atoms with Crippen LogP contribution in [0.25, 0.3) is 5.82 Å². The number of hydrogen-bond donors (Lipinski definition) is 2. The minimum Gasteiger partial charge on any atom is -0.367 e. The Morgan fingerprint density at radius 1 is 1.04 bits per heavy atom. The Kier molecular flexibility index (Phi) is 6.27. The van der Waals surface area contributed by atoms with E-state index < -0.39 is 0 Å². The lowest BCUT2D eigenvalue weighted by molar-refractivity contribution is -0.126. The van der Waals surface area contributed by atoms with Crippen molar-refractivity contribution >= 4 is 11.7 Å². The number of amides is 1. The molecule has 3 rings (SSSR count). The van der Waals surface area contributed by atoms with Gasteiger partial charge in [0.05, 0.1) is 6.61 Å². The third-order valence-corrected chi connectivity index (χ3v) is 3.49. The van der Waals surface area contributed by atoms with Crippen molar-refractivity contribution in [3.63, 3.8) is 0 Å². The molecule has 8 nitrogen and oxygen atoms in total. The van der Waals surface area contributed by atoms with Gasteiger partial charge in [-0.3, -0.25) is 4.79 Å². The van der Waals surface area contributed by atoms with Gasteiger partial charge in [0.15, 0.2) is 5.82 Å². The number of ether oxygens (including phenoxy) is 1. The molecule has 1 aromatic carbocycles. The van der Waals surface area contributed by atoms with Gasteiger partial charge in [0, 0.05) is 25.5 Å². The van der Waals surface area contributed by atoms with E-state index >= 15 is 0 Å². The minimum atomic E-state index is -0.150. The maximum atomic E-state index is 11.7. The number of hydrogen-bond acceptors (Lipinski definition) is 6. The van der Waals surface area contributed by atoms with E-state index in [-0.39, 0.29) is 12.5 Å². The topological polar surface area (TPSA) is 94.0 Å². The number of nitrogens with one attached hydrogen (secondary N) is 2. The van der Waals surface area contributed by atoms with Gasteiger partial charge in [0.25, 0.3) is 0 Å². The van der Waals surface area contributed by atoms with Gasteiger partial charge in [0.1, 0.15) is 12.4 Å². The number of benzene rings is 1. The van der Waals surface area contributed by atoms with E-state index in [1.807, 2.05) is 48.5 Å². The van der Waals surface area contributed by atoms with Crippen molar-refractivity contribution in [2.45, 2.75) is 6.61 Å². The zero-order valence-corrected chi connectivity index (χ0v) is 14.2. The molecule has 0 saturated heterocycles. The van der Waals surface area contributed by atoms with E-state index in [0.717, 1.165) is 5.56 Å². The first kappa shape index (κ1) is 17.6. The van der Waals surface area contributed by atoms with Gasteiger partial charge in [-0.05, 0) is 23.8 Å². The molecule has 2 N–H and O–H groups in total. The zero-order valence-electron chi connectivity index (χ0n) is 14.2. The highest BCUT2D eigenvalue weighted by Crippen LogP contribution is 2.05. The second kappa shape index (κ2) is 9.28. The van der Waals surface area contributed by atoms with Crippen molar-refractivity contribution in [2.75, 3.05) is 25.0 Å². The Balaban J connectivity index is 1.30. The Morgan fingerprint density at radius 3 is 2.65 bits per heavy atom. The molecule has 0 unspecified atom stereocenters. The van der Waals surface area contributed by atoms with E-state index in [2.05, 4.69) is 25.9 Å². The number of rotatable bonds is 9. The molecule has 0 spiro atoms. The molecule has 0 fully saturated rings. The Morgan fingerprint density at radius 2 is 1.92 bits per heavy atom. The molecule has 0 bridgehead atoms. The molecule has 0 aliphatic rings. The quantitative estimate of drug-likeness (QED) is 0.566. The molecule has 2 aromatic heterocycles. The monoisotopic (exact) mass is 352 g/mol. The first-order valence-corrected chi connectivity index (χ1v) is 8.27. The summed E-state index contributed by atoms with van der Waals surface area (Å²) in [5.41, 5.74) is 1.04. The second-order valence-corrected chi connectivity index (χ2v) is 5.48. The van der Waals surface area contributed by atoms with E-state index in [1.165, 1.54) is 0 Å². The van der Waals surface area contributed by atoms with Gasteiger partial charge in [-0.2, -0.15) is 5.10 Å². The van der Waals surface area contributed by atoms with Crippen molar-refractivity contribution in [1.29, 1.82) is 0 Å². The number of carbonyl (C=O) groups excluding carboxylic acids is 1. The molecule has 134 valence electrons. The molecular weight excluding hydrogens is 332 g/mol. The third kappa shape index (κ3) is 5.38. The number of nitrogens with zero attached hydrogens (tertiary/aromatic N) is 4. The van der Waals surface area contributed by atoms with Gasteiger partial charge in [-0.15, -0.1) is 10.2 Å². The number of aromatic nitrogens is 4. The van der Waals surface area contributed by atoms with Crippen LogP contribution in [0.5, 0.6) is 0 Å². The molecule has 0 aliphatic heterocycles. The molecule has 0 saturated carbocycles. The van der Waals surface area contributed by atoms with Crippen LogP contribution in [-0.2, 0) is 16.1 Å². The molecule has 1 amide bonds. The third-order valence-electron chi connectivity index (χ3n) is 3.49. The number of anilines is 1. The van der Waals surface area contributed by atoms with Crippen LogP contribution < -0.4 is 10.6 Å². The zero-order chi connectivity index (χ0) is 18.0. The predicted molar refractivity (Wildman–Crippen MR) is 96.8 cm³/mol. The molecule has 2 heterocycles. The van der Waals surface area contributed by atoms with Gasteiger partial charge in [-0.25, -0.2) is 4.68 Å². The van der Waals surface area contributed by atoms with Crippen LogP contribution in [0, 0.1) is 0 Å². The Labute approximate surface area is 151 Å². The van der Waals surface area contributed by atoms with E-state index in [1.54, 1.807) is 17.1 Å². The highest BCUT2D eigenvalue weighted by molar-refractivity contribution is 5.77. The summed E-state index contributed by atoms with van der Waals surface area (Å²) in [6.45, 7) is 1.47. The van der Waals surface area contributed by atoms with Crippen LogP contribution in [0.1, 0.15) is 5.56 Å². The molecule has 0 atom stereocenters. The molecule has 26 heavy (non-hydrogen) atoms. The normalized spacial score (nSPS) is 10.5. The summed E-state index contributed by atoms with van der Waals surface area (Å²) in [4.78, 5) is 11.7. The van der Waals surface area contributed by atoms with Crippen molar-refractivity contribution in [1.82, 2.24) is 25.3 Å². The van der Waals surface area contributed by atoms with E-state index in [0.29, 0.717) is 31.3 Å². The summed E-state index contributed by atoms with van der Waals surface area (Å²) in [6.07, 6.45) is 3.48. The smallest absolute Gasteiger partial charge is 0.246 e. The summed E-state index contributed by atoms with van der Waals surface area (Å²) in [7, 11) is 0. The van der Waals surface area contributed by atoms with Crippen molar-refractivity contribution in [3.05, 3.63) is 66.5 Å². The lowest BCUT2D eigenvalue weighted by atomic mass is 10.2. The van der Waals surface area contributed by atoms with Crippen molar-refractivity contribution in [3.8, 4) is 5.82 Å². The number of carbonyl (C=O) groups is 1. The Bertz CT molecular complexity index is 790.